The summed E-state index contributed by atoms with van der Waals surface area (Å²) >= 11 is 0. The maximum Gasteiger partial charge on any atom is 0.422 e. The standard InChI is InChI=1S/C7H13F3O3/c1-4(2)5(12)6(13,3-11)7(8,9)10/h4-5,11-13H,3H2,1-2H3/t5?,6-/m1/s1. The van der Waals surface area contributed by atoms with Crippen molar-refractivity contribution in [2.75, 3.05) is 6.61 Å². The summed E-state index contributed by atoms with van der Waals surface area (Å²) in [6, 6.07) is 0. The van der Waals surface area contributed by atoms with Crippen LogP contribution in [-0.4, -0.2) is 39.8 Å². The summed E-state index contributed by atoms with van der Waals surface area (Å²) < 4.78 is 36.4. The topological polar surface area (TPSA) is 60.7 Å². The van der Waals surface area contributed by atoms with Gasteiger partial charge in [0.05, 0.1) is 12.7 Å². The predicted octanol–water partition coefficient (Wildman–Crippen LogP) is 0.289. The first-order chi connectivity index (χ1) is 5.66. The number of hydrogen-bond donors (Lipinski definition) is 3. The Labute approximate surface area is 73.8 Å². The first-order valence-corrected chi connectivity index (χ1v) is 3.75. The van der Waals surface area contributed by atoms with Crippen molar-refractivity contribution in [1.29, 1.82) is 0 Å². The Kier molecular flexibility index (Phi) is 3.71. The molecule has 0 aromatic rings. The van der Waals surface area contributed by atoms with Crippen LogP contribution in [0.25, 0.3) is 0 Å². The molecule has 0 aromatic heterocycles. The first kappa shape index (κ1) is 12.7. The van der Waals surface area contributed by atoms with Crippen LogP contribution in [0, 0.1) is 5.92 Å². The summed E-state index contributed by atoms with van der Waals surface area (Å²) in [7, 11) is 0. The van der Waals surface area contributed by atoms with Gasteiger partial charge in [-0.3, -0.25) is 0 Å². The number of aliphatic hydroxyl groups excluding tert-OH is 2. The molecule has 6 heteroatoms. The lowest BCUT2D eigenvalue weighted by Crippen LogP contribution is -2.59. The minimum atomic E-state index is -5.04. The van der Waals surface area contributed by atoms with Crippen LogP contribution >= 0.6 is 0 Å². The summed E-state index contributed by atoms with van der Waals surface area (Å²) in [4.78, 5) is 0. The van der Waals surface area contributed by atoms with Gasteiger partial charge in [0.2, 0.25) is 5.60 Å². The molecular formula is C7H13F3O3. The highest BCUT2D eigenvalue weighted by Crippen LogP contribution is 2.35. The molecule has 0 aromatic carbocycles. The van der Waals surface area contributed by atoms with Crippen molar-refractivity contribution in [1.82, 2.24) is 0 Å². The summed E-state index contributed by atoms with van der Waals surface area (Å²) in [5, 5.41) is 26.4. The van der Waals surface area contributed by atoms with Crippen LogP contribution < -0.4 is 0 Å². The van der Waals surface area contributed by atoms with Crippen molar-refractivity contribution in [2.45, 2.75) is 31.7 Å². The van der Waals surface area contributed by atoms with Crippen molar-refractivity contribution in [2.24, 2.45) is 5.92 Å². The summed E-state index contributed by atoms with van der Waals surface area (Å²) in [6.45, 7) is 1.09. The molecule has 80 valence electrons. The van der Waals surface area contributed by atoms with Crippen molar-refractivity contribution >= 4 is 0 Å². The molecule has 0 aliphatic rings. The number of rotatable bonds is 3. The van der Waals surface area contributed by atoms with Crippen molar-refractivity contribution in [3.63, 3.8) is 0 Å². The van der Waals surface area contributed by atoms with E-state index < -0.39 is 30.4 Å². The van der Waals surface area contributed by atoms with Crippen LogP contribution in [0.5, 0.6) is 0 Å². The van der Waals surface area contributed by atoms with Gasteiger partial charge in [0, 0.05) is 0 Å². The second-order valence-corrected chi connectivity index (χ2v) is 3.27. The number of hydrogen-bond acceptors (Lipinski definition) is 3. The fourth-order valence-corrected chi connectivity index (χ4v) is 0.902. The van der Waals surface area contributed by atoms with Crippen LogP contribution in [0.2, 0.25) is 0 Å². The minimum Gasteiger partial charge on any atom is -0.393 e. The Morgan fingerprint density at radius 3 is 1.69 bits per heavy atom. The SMILES string of the molecule is CC(C)C(O)[C@](O)(CO)C(F)(F)F. The molecule has 0 saturated carbocycles. The number of halogens is 3. The molecule has 3 N–H and O–H groups in total. The summed E-state index contributed by atoms with van der Waals surface area (Å²) in [6.07, 6.45) is -7.07. The molecule has 0 saturated heterocycles. The van der Waals surface area contributed by atoms with Gasteiger partial charge in [-0.1, -0.05) is 13.8 Å². The van der Waals surface area contributed by atoms with Crippen molar-refractivity contribution in [3.05, 3.63) is 0 Å². The highest BCUT2D eigenvalue weighted by molar-refractivity contribution is 4.94. The Morgan fingerprint density at radius 1 is 1.23 bits per heavy atom. The van der Waals surface area contributed by atoms with E-state index in [0.29, 0.717) is 0 Å². The molecule has 0 amide bonds. The summed E-state index contributed by atoms with van der Waals surface area (Å²) in [5.74, 6) is -0.793. The molecule has 13 heavy (non-hydrogen) atoms. The Bertz CT molecular complexity index is 169. The molecule has 1 unspecified atom stereocenters. The second-order valence-electron chi connectivity index (χ2n) is 3.27. The van der Waals surface area contributed by atoms with E-state index in [2.05, 4.69) is 0 Å². The monoisotopic (exact) mass is 202 g/mol. The lowest BCUT2D eigenvalue weighted by atomic mass is 9.89. The van der Waals surface area contributed by atoms with Crippen molar-refractivity contribution < 1.29 is 28.5 Å². The van der Waals surface area contributed by atoms with Gasteiger partial charge in [0.15, 0.2) is 0 Å². The van der Waals surface area contributed by atoms with Crippen LogP contribution in [0.3, 0.4) is 0 Å². The maximum absolute atomic E-state index is 12.1. The molecule has 0 bridgehead atoms. The van der Waals surface area contributed by atoms with E-state index in [9.17, 15) is 13.2 Å². The fourth-order valence-electron chi connectivity index (χ4n) is 0.902. The molecule has 0 fully saturated rings. The predicted molar refractivity (Wildman–Crippen MR) is 38.9 cm³/mol. The molecule has 0 spiro atoms. The van der Waals surface area contributed by atoms with Gasteiger partial charge in [-0.25, -0.2) is 0 Å². The fraction of sp³-hybridized carbons (Fsp3) is 1.00. The van der Waals surface area contributed by atoms with E-state index >= 15 is 0 Å². The van der Waals surface area contributed by atoms with Crippen LogP contribution in [0.15, 0.2) is 0 Å². The van der Waals surface area contributed by atoms with E-state index in [-0.39, 0.29) is 0 Å². The van der Waals surface area contributed by atoms with Crippen LogP contribution in [-0.2, 0) is 0 Å². The van der Waals surface area contributed by atoms with Crippen molar-refractivity contribution in [3.8, 4) is 0 Å². The van der Waals surface area contributed by atoms with E-state index in [1.165, 1.54) is 13.8 Å². The van der Waals surface area contributed by atoms with E-state index in [1.807, 2.05) is 0 Å². The molecule has 0 rings (SSSR count). The zero-order valence-corrected chi connectivity index (χ0v) is 7.34. The average molecular weight is 202 g/mol. The third kappa shape index (κ3) is 2.32. The average Bonchev–Trinajstić information content (AvgIpc) is 1.99. The molecule has 0 aliphatic heterocycles. The Hall–Kier alpha value is -0.330. The van der Waals surface area contributed by atoms with Gasteiger partial charge in [0.1, 0.15) is 0 Å². The third-order valence-electron chi connectivity index (χ3n) is 1.85. The van der Waals surface area contributed by atoms with Gasteiger partial charge < -0.3 is 15.3 Å². The molecule has 2 atom stereocenters. The quantitative estimate of drug-likeness (QED) is 0.616. The molecule has 0 aliphatic carbocycles. The molecule has 0 heterocycles. The van der Waals surface area contributed by atoms with Gasteiger partial charge in [-0.15, -0.1) is 0 Å². The lowest BCUT2D eigenvalue weighted by molar-refractivity contribution is -0.305. The molecule has 0 radical (unpaired) electrons. The highest BCUT2D eigenvalue weighted by Gasteiger charge is 2.58. The zero-order valence-electron chi connectivity index (χ0n) is 7.34. The van der Waals surface area contributed by atoms with E-state index in [4.69, 9.17) is 15.3 Å². The Balaban J connectivity index is 4.84. The minimum absolute atomic E-state index is 0.793. The summed E-state index contributed by atoms with van der Waals surface area (Å²) in [5.41, 5.74) is -3.43. The third-order valence-corrected chi connectivity index (χ3v) is 1.85. The van der Waals surface area contributed by atoms with E-state index in [0.717, 1.165) is 0 Å². The lowest BCUT2D eigenvalue weighted by Gasteiger charge is -2.34. The normalized spacial score (nSPS) is 20.1. The van der Waals surface area contributed by atoms with Gasteiger partial charge in [-0.2, -0.15) is 13.2 Å². The second kappa shape index (κ2) is 3.81. The first-order valence-electron chi connectivity index (χ1n) is 3.75. The van der Waals surface area contributed by atoms with Gasteiger partial charge >= 0.3 is 6.18 Å². The Morgan fingerprint density at radius 2 is 1.62 bits per heavy atom. The molecular weight excluding hydrogens is 189 g/mol. The van der Waals surface area contributed by atoms with Crippen LogP contribution in [0.4, 0.5) is 13.2 Å². The smallest absolute Gasteiger partial charge is 0.393 e. The highest BCUT2D eigenvalue weighted by atomic mass is 19.4. The number of aliphatic hydroxyl groups is 3. The van der Waals surface area contributed by atoms with E-state index in [1.54, 1.807) is 0 Å². The maximum atomic E-state index is 12.1. The van der Waals surface area contributed by atoms with Gasteiger partial charge in [0.25, 0.3) is 0 Å². The largest absolute Gasteiger partial charge is 0.422 e. The zero-order chi connectivity index (χ0) is 10.9. The van der Waals surface area contributed by atoms with Crippen LogP contribution in [0.1, 0.15) is 13.8 Å². The number of alkyl halides is 3. The van der Waals surface area contributed by atoms with Gasteiger partial charge in [-0.05, 0) is 5.92 Å². The molecule has 3 nitrogen and oxygen atoms in total.